The Morgan fingerprint density at radius 3 is 2.65 bits per heavy atom. The second-order valence-electron chi connectivity index (χ2n) is 4.84. The predicted molar refractivity (Wildman–Crippen MR) is 71.3 cm³/mol. The quantitative estimate of drug-likeness (QED) is 0.599. The largest absolute Gasteiger partial charge is 0.480 e. The Bertz CT molecular complexity index is 444. The summed E-state index contributed by atoms with van der Waals surface area (Å²) in [6.07, 6.45) is 2.46. The number of aliphatic carboxylic acids is 1. The number of carbonyl (C=O) groups is 2. The maximum absolute atomic E-state index is 11.7. The highest BCUT2D eigenvalue weighted by Gasteiger charge is 2.23. The number of carboxylic acids is 1. The van der Waals surface area contributed by atoms with Gasteiger partial charge in [-0.2, -0.15) is 0 Å². The van der Waals surface area contributed by atoms with Crippen molar-refractivity contribution in [2.75, 3.05) is 25.2 Å². The molecule has 1 rings (SSSR count). The van der Waals surface area contributed by atoms with E-state index in [0.717, 1.165) is 19.1 Å². The van der Waals surface area contributed by atoms with E-state index < -0.39 is 27.9 Å². The molecule has 0 spiro atoms. The molecule has 1 fully saturated rings. The number of hydrogen-bond acceptors (Lipinski definition) is 5. The van der Waals surface area contributed by atoms with Gasteiger partial charge in [0.25, 0.3) is 0 Å². The van der Waals surface area contributed by atoms with Crippen molar-refractivity contribution in [2.24, 2.45) is 0 Å². The van der Waals surface area contributed by atoms with E-state index in [-0.39, 0.29) is 18.2 Å². The second-order valence-corrected chi connectivity index (χ2v) is 7.10. The molecule has 2 unspecified atom stereocenters. The normalized spacial score (nSPS) is 20.9. The summed E-state index contributed by atoms with van der Waals surface area (Å²) in [6.45, 7) is 1.06. The minimum absolute atomic E-state index is 0.145. The van der Waals surface area contributed by atoms with Crippen LogP contribution in [0, 0.1) is 0 Å². The van der Waals surface area contributed by atoms with Gasteiger partial charge in [-0.15, -0.1) is 0 Å². The number of urea groups is 1. The minimum Gasteiger partial charge on any atom is -0.480 e. The summed E-state index contributed by atoms with van der Waals surface area (Å²) in [5, 5.41) is 13.8. The van der Waals surface area contributed by atoms with Crippen molar-refractivity contribution in [1.82, 2.24) is 10.6 Å². The predicted octanol–water partition coefficient (Wildman–Crippen LogP) is -0.647. The van der Waals surface area contributed by atoms with Gasteiger partial charge in [0, 0.05) is 12.9 Å². The Labute approximate surface area is 117 Å². The Morgan fingerprint density at radius 1 is 1.45 bits per heavy atom. The highest BCUT2D eigenvalue weighted by atomic mass is 32.2. The molecule has 3 N–H and O–H groups in total. The average Bonchev–Trinajstić information content (AvgIpc) is 2.34. The Balaban J connectivity index is 2.43. The summed E-state index contributed by atoms with van der Waals surface area (Å²) in [5.41, 5.74) is 0. The first-order valence-corrected chi connectivity index (χ1v) is 8.39. The van der Waals surface area contributed by atoms with Gasteiger partial charge < -0.3 is 20.5 Å². The van der Waals surface area contributed by atoms with E-state index in [1.165, 1.54) is 0 Å². The van der Waals surface area contributed by atoms with Crippen LogP contribution in [0.1, 0.15) is 19.3 Å². The molecule has 2 atom stereocenters. The van der Waals surface area contributed by atoms with Gasteiger partial charge in [0.2, 0.25) is 0 Å². The summed E-state index contributed by atoms with van der Waals surface area (Å²) in [4.78, 5) is 22.6. The molecule has 0 aliphatic carbocycles. The Hall–Kier alpha value is -1.35. The third kappa shape index (κ3) is 6.71. The standard InChI is InChI=1S/C11H20N2O6S/c1-20(17,18)6-4-9(10(14)15)13-11(16)12-8-3-2-5-19-7-8/h8-9H,2-7H2,1H3,(H,14,15)(H2,12,13,16). The number of carboxylic acid groups (broad SMARTS) is 1. The molecule has 116 valence electrons. The van der Waals surface area contributed by atoms with Crippen molar-refractivity contribution in [1.29, 1.82) is 0 Å². The number of nitrogens with one attached hydrogen (secondary N) is 2. The zero-order valence-corrected chi connectivity index (χ0v) is 12.1. The van der Waals surface area contributed by atoms with Crippen molar-refractivity contribution in [3.63, 3.8) is 0 Å². The van der Waals surface area contributed by atoms with Gasteiger partial charge in [-0.1, -0.05) is 0 Å². The molecule has 0 aromatic heterocycles. The molecule has 1 aliphatic heterocycles. The van der Waals surface area contributed by atoms with E-state index in [2.05, 4.69) is 10.6 Å². The number of carbonyl (C=O) groups excluding carboxylic acids is 1. The zero-order valence-electron chi connectivity index (χ0n) is 11.3. The van der Waals surface area contributed by atoms with Crippen LogP contribution in [0.25, 0.3) is 0 Å². The monoisotopic (exact) mass is 308 g/mol. The van der Waals surface area contributed by atoms with E-state index in [1.54, 1.807) is 0 Å². The summed E-state index contributed by atoms with van der Waals surface area (Å²) in [5.74, 6) is -1.56. The summed E-state index contributed by atoms with van der Waals surface area (Å²) in [7, 11) is -3.27. The Morgan fingerprint density at radius 2 is 2.15 bits per heavy atom. The number of hydrogen-bond donors (Lipinski definition) is 3. The molecule has 9 heteroatoms. The van der Waals surface area contributed by atoms with Crippen LogP contribution in [0.15, 0.2) is 0 Å². The second kappa shape index (κ2) is 7.44. The fourth-order valence-corrected chi connectivity index (χ4v) is 2.49. The van der Waals surface area contributed by atoms with Crippen LogP contribution in [0.5, 0.6) is 0 Å². The van der Waals surface area contributed by atoms with Crippen LogP contribution in [-0.2, 0) is 19.4 Å². The lowest BCUT2D eigenvalue weighted by atomic mass is 10.1. The van der Waals surface area contributed by atoms with Gasteiger partial charge in [0.15, 0.2) is 0 Å². The topological polar surface area (TPSA) is 122 Å². The lowest BCUT2D eigenvalue weighted by Crippen LogP contribution is -2.51. The van der Waals surface area contributed by atoms with Gasteiger partial charge >= 0.3 is 12.0 Å². The van der Waals surface area contributed by atoms with Gasteiger partial charge in [-0.25, -0.2) is 18.0 Å². The molecule has 0 bridgehead atoms. The molecule has 2 amide bonds. The van der Waals surface area contributed by atoms with Crippen molar-refractivity contribution >= 4 is 21.8 Å². The first kappa shape index (κ1) is 16.7. The van der Waals surface area contributed by atoms with E-state index in [1.807, 2.05) is 0 Å². The molecule has 0 aromatic rings. The van der Waals surface area contributed by atoms with Crippen LogP contribution in [-0.4, -0.2) is 62.8 Å². The van der Waals surface area contributed by atoms with Crippen LogP contribution in [0.2, 0.25) is 0 Å². The smallest absolute Gasteiger partial charge is 0.326 e. The fraction of sp³-hybridized carbons (Fsp3) is 0.818. The maximum atomic E-state index is 11.7. The third-order valence-corrected chi connectivity index (χ3v) is 3.85. The summed E-state index contributed by atoms with van der Waals surface area (Å²) >= 11 is 0. The summed E-state index contributed by atoms with van der Waals surface area (Å²) < 4.78 is 27.2. The maximum Gasteiger partial charge on any atom is 0.326 e. The van der Waals surface area contributed by atoms with Crippen molar-refractivity contribution in [3.05, 3.63) is 0 Å². The highest BCUT2D eigenvalue weighted by Crippen LogP contribution is 2.05. The molecule has 1 aliphatic rings. The molecule has 8 nitrogen and oxygen atoms in total. The molecule has 0 radical (unpaired) electrons. The van der Waals surface area contributed by atoms with E-state index >= 15 is 0 Å². The minimum atomic E-state index is -3.27. The molecular weight excluding hydrogens is 288 g/mol. The van der Waals surface area contributed by atoms with Gasteiger partial charge in [0.1, 0.15) is 15.9 Å². The molecule has 1 heterocycles. The van der Waals surface area contributed by atoms with Gasteiger partial charge in [-0.05, 0) is 19.3 Å². The van der Waals surface area contributed by atoms with Gasteiger partial charge in [-0.3, -0.25) is 0 Å². The molecule has 1 saturated heterocycles. The lowest BCUT2D eigenvalue weighted by Gasteiger charge is -2.24. The van der Waals surface area contributed by atoms with Crippen molar-refractivity contribution < 1.29 is 27.9 Å². The van der Waals surface area contributed by atoms with E-state index in [4.69, 9.17) is 9.84 Å². The van der Waals surface area contributed by atoms with Crippen LogP contribution in [0.3, 0.4) is 0 Å². The number of ether oxygens (including phenoxy) is 1. The number of sulfone groups is 1. The Kier molecular flexibility index (Phi) is 6.21. The van der Waals surface area contributed by atoms with Crippen molar-refractivity contribution in [2.45, 2.75) is 31.3 Å². The zero-order chi connectivity index (χ0) is 15.2. The molecular formula is C11H20N2O6S. The molecule has 0 aromatic carbocycles. The SMILES string of the molecule is CS(=O)(=O)CCC(NC(=O)NC1CCCOC1)C(=O)O. The average molecular weight is 308 g/mol. The molecule has 0 saturated carbocycles. The fourth-order valence-electron chi connectivity index (χ4n) is 1.83. The highest BCUT2D eigenvalue weighted by molar-refractivity contribution is 7.90. The summed E-state index contributed by atoms with van der Waals surface area (Å²) in [6, 6.07) is -2.00. The van der Waals surface area contributed by atoms with E-state index in [0.29, 0.717) is 13.2 Å². The van der Waals surface area contributed by atoms with Crippen LogP contribution >= 0.6 is 0 Å². The number of amides is 2. The number of rotatable bonds is 6. The first-order chi connectivity index (χ1) is 9.28. The first-order valence-electron chi connectivity index (χ1n) is 6.33. The van der Waals surface area contributed by atoms with Crippen LogP contribution < -0.4 is 10.6 Å². The van der Waals surface area contributed by atoms with Crippen LogP contribution in [0.4, 0.5) is 4.79 Å². The molecule has 20 heavy (non-hydrogen) atoms. The van der Waals surface area contributed by atoms with Gasteiger partial charge in [0.05, 0.1) is 18.4 Å². The third-order valence-electron chi connectivity index (χ3n) is 2.88. The van der Waals surface area contributed by atoms with Crippen molar-refractivity contribution in [3.8, 4) is 0 Å². The lowest BCUT2D eigenvalue weighted by molar-refractivity contribution is -0.139. The van der Waals surface area contributed by atoms with E-state index in [9.17, 15) is 18.0 Å².